The zero-order valence-corrected chi connectivity index (χ0v) is 17.7. The van der Waals surface area contributed by atoms with Gasteiger partial charge in [0.15, 0.2) is 0 Å². The van der Waals surface area contributed by atoms with Gasteiger partial charge in [0.05, 0.1) is 5.92 Å². The van der Waals surface area contributed by atoms with Crippen LogP contribution in [0.2, 0.25) is 0 Å². The predicted molar refractivity (Wildman–Crippen MR) is 113 cm³/mol. The summed E-state index contributed by atoms with van der Waals surface area (Å²) in [5.74, 6) is -0.639. The Morgan fingerprint density at radius 3 is 2.03 bits per heavy atom. The first-order valence-electron chi connectivity index (χ1n) is 9.97. The Kier molecular flexibility index (Phi) is 8.25. The van der Waals surface area contributed by atoms with E-state index >= 15 is 0 Å². The Morgan fingerprint density at radius 1 is 0.931 bits per heavy atom. The van der Waals surface area contributed by atoms with Crippen molar-refractivity contribution in [1.82, 2.24) is 5.32 Å². The number of hydrogen-bond donors (Lipinski definition) is 1. The monoisotopic (exact) mass is 397 g/mol. The SMILES string of the molecule is CC(CC(Cc1ccccc1)NC(=O)OC(C)(C)C)C(=O)OCc1ccccc1. The van der Waals surface area contributed by atoms with Crippen LogP contribution in [0, 0.1) is 5.92 Å². The molecular formula is C24H31NO4. The molecule has 0 fully saturated rings. The first-order valence-corrected chi connectivity index (χ1v) is 9.97. The van der Waals surface area contributed by atoms with E-state index in [0.29, 0.717) is 12.8 Å². The Hall–Kier alpha value is -2.82. The van der Waals surface area contributed by atoms with E-state index in [2.05, 4.69) is 5.32 Å². The Balaban J connectivity index is 1.97. The number of carbonyl (C=O) groups excluding carboxylic acids is 2. The summed E-state index contributed by atoms with van der Waals surface area (Å²) in [4.78, 5) is 24.7. The normalized spacial score (nSPS) is 13.2. The fourth-order valence-electron chi connectivity index (χ4n) is 2.96. The van der Waals surface area contributed by atoms with Crippen LogP contribution in [-0.2, 0) is 27.3 Å². The van der Waals surface area contributed by atoms with Crippen LogP contribution < -0.4 is 5.32 Å². The molecule has 2 atom stereocenters. The second kappa shape index (κ2) is 10.6. The van der Waals surface area contributed by atoms with Crippen molar-refractivity contribution in [3.63, 3.8) is 0 Å². The third-order valence-electron chi connectivity index (χ3n) is 4.31. The average Bonchev–Trinajstić information content (AvgIpc) is 2.66. The van der Waals surface area contributed by atoms with E-state index in [0.717, 1.165) is 11.1 Å². The van der Waals surface area contributed by atoms with E-state index < -0.39 is 11.7 Å². The summed E-state index contributed by atoms with van der Waals surface area (Å²) >= 11 is 0. The highest BCUT2D eigenvalue weighted by molar-refractivity contribution is 5.72. The number of amides is 1. The summed E-state index contributed by atoms with van der Waals surface area (Å²) in [7, 11) is 0. The second-order valence-corrected chi connectivity index (χ2v) is 8.26. The fraction of sp³-hybridized carbons (Fsp3) is 0.417. The van der Waals surface area contributed by atoms with E-state index in [1.165, 1.54) is 0 Å². The van der Waals surface area contributed by atoms with E-state index in [9.17, 15) is 9.59 Å². The van der Waals surface area contributed by atoms with Crippen LogP contribution in [-0.4, -0.2) is 23.7 Å². The minimum Gasteiger partial charge on any atom is -0.461 e. The van der Waals surface area contributed by atoms with Gasteiger partial charge < -0.3 is 14.8 Å². The van der Waals surface area contributed by atoms with Gasteiger partial charge in [-0.3, -0.25) is 4.79 Å². The Labute approximate surface area is 173 Å². The predicted octanol–water partition coefficient (Wildman–Crippen LogP) is 4.89. The lowest BCUT2D eigenvalue weighted by atomic mass is 9.96. The van der Waals surface area contributed by atoms with Gasteiger partial charge in [-0.05, 0) is 44.7 Å². The molecule has 2 unspecified atom stereocenters. The van der Waals surface area contributed by atoms with Crippen molar-refractivity contribution in [3.05, 3.63) is 71.8 Å². The van der Waals surface area contributed by atoms with Gasteiger partial charge in [-0.25, -0.2) is 4.79 Å². The molecule has 5 heteroatoms. The maximum absolute atomic E-state index is 12.5. The van der Waals surface area contributed by atoms with Crippen molar-refractivity contribution in [2.75, 3.05) is 0 Å². The molecule has 0 aromatic heterocycles. The molecular weight excluding hydrogens is 366 g/mol. The minimum atomic E-state index is -0.582. The molecule has 1 amide bonds. The van der Waals surface area contributed by atoms with Crippen LogP contribution in [0.4, 0.5) is 4.79 Å². The van der Waals surface area contributed by atoms with E-state index in [4.69, 9.17) is 9.47 Å². The highest BCUT2D eigenvalue weighted by Gasteiger charge is 2.24. The van der Waals surface area contributed by atoms with E-state index in [1.807, 2.05) is 88.4 Å². The minimum absolute atomic E-state index is 0.243. The summed E-state index contributed by atoms with van der Waals surface area (Å²) in [6.45, 7) is 7.53. The summed E-state index contributed by atoms with van der Waals surface area (Å²) in [5.41, 5.74) is 1.45. The topological polar surface area (TPSA) is 64.6 Å². The lowest BCUT2D eigenvalue weighted by molar-refractivity contribution is -0.149. The second-order valence-electron chi connectivity index (χ2n) is 8.26. The summed E-state index contributed by atoms with van der Waals surface area (Å²) < 4.78 is 10.8. The lowest BCUT2D eigenvalue weighted by Crippen LogP contribution is -2.41. The first-order chi connectivity index (χ1) is 13.7. The van der Waals surface area contributed by atoms with Crippen LogP contribution in [0.25, 0.3) is 0 Å². The lowest BCUT2D eigenvalue weighted by Gasteiger charge is -2.25. The number of esters is 1. The molecule has 0 saturated heterocycles. The molecule has 0 aliphatic carbocycles. The van der Waals surface area contributed by atoms with Gasteiger partial charge in [0, 0.05) is 6.04 Å². The standard InChI is InChI=1S/C24H31NO4/c1-18(22(26)28-17-20-13-9-6-10-14-20)15-21(16-19-11-7-5-8-12-19)25-23(27)29-24(2,3)4/h5-14,18,21H,15-17H2,1-4H3,(H,25,27). The molecule has 2 aromatic rings. The van der Waals surface area contributed by atoms with Gasteiger partial charge in [-0.1, -0.05) is 67.6 Å². The van der Waals surface area contributed by atoms with Crippen LogP contribution in [0.3, 0.4) is 0 Å². The number of carbonyl (C=O) groups is 2. The van der Waals surface area contributed by atoms with Gasteiger partial charge >= 0.3 is 12.1 Å². The number of benzene rings is 2. The summed E-state index contributed by atoms with van der Waals surface area (Å²) in [6.07, 6.45) is 0.585. The molecule has 0 radical (unpaired) electrons. The van der Waals surface area contributed by atoms with Gasteiger partial charge in [-0.15, -0.1) is 0 Å². The third kappa shape index (κ3) is 8.81. The highest BCUT2D eigenvalue weighted by atomic mass is 16.6. The molecule has 2 rings (SSSR count). The molecule has 2 aromatic carbocycles. The molecule has 29 heavy (non-hydrogen) atoms. The maximum Gasteiger partial charge on any atom is 0.407 e. The number of hydrogen-bond acceptors (Lipinski definition) is 4. The van der Waals surface area contributed by atoms with Crippen LogP contribution >= 0.6 is 0 Å². The molecule has 0 aliphatic heterocycles. The zero-order valence-electron chi connectivity index (χ0n) is 17.7. The van der Waals surface area contributed by atoms with E-state index in [-0.39, 0.29) is 24.5 Å². The molecule has 0 saturated carbocycles. The molecule has 0 bridgehead atoms. The molecule has 0 heterocycles. The number of rotatable bonds is 8. The van der Waals surface area contributed by atoms with Gasteiger partial charge in [-0.2, -0.15) is 0 Å². The Bertz CT molecular complexity index is 768. The van der Waals surface area contributed by atoms with Crippen LogP contribution in [0.15, 0.2) is 60.7 Å². The van der Waals surface area contributed by atoms with Crippen LogP contribution in [0.1, 0.15) is 45.2 Å². The largest absolute Gasteiger partial charge is 0.461 e. The van der Waals surface area contributed by atoms with E-state index in [1.54, 1.807) is 0 Å². The maximum atomic E-state index is 12.5. The van der Waals surface area contributed by atoms with Gasteiger partial charge in [0.1, 0.15) is 12.2 Å². The van der Waals surface area contributed by atoms with Crippen molar-refractivity contribution >= 4 is 12.1 Å². The van der Waals surface area contributed by atoms with Gasteiger partial charge in [0.2, 0.25) is 0 Å². The van der Waals surface area contributed by atoms with Crippen molar-refractivity contribution in [2.24, 2.45) is 5.92 Å². The molecule has 0 aliphatic rings. The number of alkyl carbamates (subject to hydrolysis) is 1. The number of nitrogens with one attached hydrogen (secondary N) is 1. The molecule has 156 valence electrons. The van der Waals surface area contributed by atoms with Crippen LogP contribution in [0.5, 0.6) is 0 Å². The van der Waals surface area contributed by atoms with Crippen molar-refractivity contribution in [2.45, 2.75) is 58.8 Å². The third-order valence-corrected chi connectivity index (χ3v) is 4.31. The molecule has 1 N–H and O–H groups in total. The zero-order chi connectivity index (χ0) is 21.3. The number of ether oxygens (including phenoxy) is 2. The smallest absolute Gasteiger partial charge is 0.407 e. The summed E-state index contributed by atoms with van der Waals surface area (Å²) in [6, 6.07) is 19.2. The molecule has 0 spiro atoms. The first kappa shape index (κ1) is 22.5. The molecule has 5 nitrogen and oxygen atoms in total. The Morgan fingerprint density at radius 2 is 1.48 bits per heavy atom. The fourth-order valence-corrected chi connectivity index (χ4v) is 2.96. The van der Waals surface area contributed by atoms with Crippen molar-refractivity contribution in [3.8, 4) is 0 Å². The summed E-state index contributed by atoms with van der Waals surface area (Å²) in [5, 5.41) is 2.91. The highest BCUT2D eigenvalue weighted by Crippen LogP contribution is 2.16. The van der Waals surface area contributed by atoms with Gasteiger partial charge in [0.25, 0.3) is 0 Å². The average molecular weight is 398 g/mol. The quantitative estimate of drug-likeness (QED) is 0.644. The van der Waals surface area contributed by atoms with Crippen molar-refractivity contribution < 1.29 is 19.1 Å². The van der Waals surface area contributed by atoms with Crippen molar-refractivity contribution in [1.29, 1.82) is 0 Å².